The lowest BCUT2D eigenvalue weighted by atomic mass is 10.5. The highest BCUT2D eigenvalue weighted by molar-refractivity contribution is 7.89. The second-order valence-electron chi connectivity index (χ2n) is 2.83. The van der Waals surface area contributed by atoms with E-state index in [2.05, 4.69) is 0 Å². The van der Waals surface area contributed by atoms with E-state index in [4.69, 9.17) is 5.11 Å². The molecular weight excluding hydrogens is 222 g/mol. The predicted octanol–water partition coefficient (Wildman–Crippen LogP) is 0.881. The number of sulfonamides is 1. The average molecular weight is 235 g/mol. The molecule has 0 radical (unpaired) electrons. The number of rotatable bonds is 4. The smallest absolute Gasteiger partial charge is 0.243 e. The third-order valence-electron chi connectivity index (χ3n) is 1.94. The van der Waals surface area contributed by atoms with Crippen molar-refractivity contribution in [3.05, 3.63) is 16.3 Å². The molecule has 0 saturated heterocycles. The Kier molecular flexibility index (Phi) is 3.65. The molecular formula is C8H13NO3S2. The van der Waals surface area contributed by atoms with Crippen molar-refractivity contribution in [3.63, 3.8) is 0 Å². The van der Waals surface area contributed by atoms with Crippen molar-refractivity contribution in [2.75, 3.05) is 13.6 Å². The minimum atomic E-state index is -3.35. The molecule has 14 heavy (non-hydrogen) atoms. The molecule has 1 rings (SSSR count). The fraction of sp³-hybridized carbons (Fsp3) is 0.500. The second kappa shape index (κ2) is 4.39. The molecule has 6 heteroatoms. The topological polar surface area (TPSA) is 57.6 Å². The molecule has 0 bridgehead atoms. The first kappa shape index (κ1) is 11.6. The molecule has 0 aliphatic rings. The van der Waals surface area contributed by atoms with Gasteiger partial charge in [-0.25, -0.2) is 12.7 Å². The van der Waals surface area contributed by atoms with Crippen LogP contribution >= 0.6 is 11.3 Å². The van der Waals surface area contributed by atoms with Gasteiger partial charge in [-0.1, -0.05) is 6.92 Å². The molecule has 0 spiro atoms. The number of hydrogen-bond acceptors (Lipinski definition) is 4. The van der Waals surface area contributed by atoms with Crippen molar-refractivity contribution in [1.29, 1.82) is 0 Å². The zero-order valence-corrected chi connectivity index (χ0v) is 9.73. The largest absolute Gasteiger partial charge is 0.391 e. The van der Waals surface area contributed by atoms with Gasteiger partial charge < -0.3 is 5.11 Å². The quantitative estimate of drug-likeness (QED) is 0.843. The summed E-state index contributed by atoms with van der Waals surface area (Å²) >= 11 is 1.25. The molecule has 1 aromatic heterocycles. The number of hydrogen-bond donors (Lipinski definition) is 1. The molecule has 1 heterocycles. The first-order valence-corrected chi connectivity index (χ1v) is 6.49. The minimum Gasteiger partial charge on any atom is -0.391 e. The molecule has 1 N–H and O–H groups in total. The van der Waals surface area contributed by atoms with Gasteiger partial charge in [0.25, 0.3) is 0 Å². The molecule has 0 aliphatic carbocycles. The van der Waals surface area contributed by atoms with Gasteiger partial charge in [0.05, 0.1) is 11.5 Å². The van der Waals surface area contributed by atoms with Gasteiger partial charge in [0, 0.05) is 23.8 Å². The fourth-order valence-corrected chi connectivity index (χ4v) is 3.23. The van der Waals surface area contributed by atoms with E-state index in [1.807, 2.05) is 0 Å². The van der Waals surface area contributed by atoms with E-state index in [1.165, 1.54) is 28.8 Å². The summed E-state index contributed by atoms with van der Waals surface area (Å²) in [6.45, 7) is 2.10. The Morgan fingerprint density at radius 3 is 2.64 bits per heavy atom. The Morgan fingerprint density at radius 1 is 1.57 bits per heavy atom. The van der Waals surface area contributed by atoms with E-state index in [0.717, 1.165) is 0 Å². The zero-order chi connectivity index (χ0) is 10.8. The van der Waals surface area contributed by atoms with Gasteiger partial charge in [-0.05, 0) is 6.07 Å². The van der Waals surface area contributed by atoms with Crippen LogP contribution in [-0.4, -0.2) is 31.4 Å². The number of thiophene rings is 1. The summed E-state index contributed by atoms with van der Waals surface area (Å²) in [5, 5.41) is 10.4. The predicted molar refractivity (Wildman–Crippen MR) is 55.7 cm³/mol. The van der Waals surface area contributed by atoms with Gasteiger partial charge in [-0.3, -0.25) is 0 Å². The van der Waals surface area contributed by atoms with E-state index in [0.29, 0.717) is 11.4 Å². The van der Waals surface area contributed by atoms with E-state index in [1.54, 1.807) is 12.3 Å². The van der Waals surface area contributed by atoms with Crippen molar-refractivity contribution in [2.24, 2.45) is 0 Å². The summed E-state index contributed by atoms with van der Waals surface area (Å²) in [4.78, 5) is 0.920. The number of aliphatic hydroxyl groups is 1. The van der Waals surface area contributed by atoms with Crippen LogP contribution in [0.2, 0.25) is 0 Å². The second-order valence-corrected chi connectivity index (χ2v) is 5.87. The van der Waals surface area contributed by atoms with Crippen molar-refractivity contribution in [1.82, 2.24) is 4.31 Å². The Hall–Kier alpha value is -0.430. The van der Waals surface area contributed by atoms with E-state index < -0.39 is 10.0 Å². The van der Waals surface area contributed by atoms with Crippen LogP contribution < -0.4 is 0 Å². The van der Waals surface area contributed by atoms with Crippen LogP contribution in [0.4, 0.5) is 0 Å². The normalized spacial score (nSPS) is 12.3. The van der Waals surface area contributed by atoms with Gasteiger partial charge >= 0.3 is 0 Å². The lowest BCUT2D eigenvalue weighted by molar-refractivity contribution is 0.285. The summed E-state index contributed by atoms with van der Waals surface area (Å²) in [5.41, 5.74) is 0. The van der Waals surface area contributed by atoms with Crippen LogP contribution in [-0.2, 0) is 16.6 Å². The van der Waals surface area contributed by atoms with Crippen molar-refractivity contribution >= 4 is 21.4 Å². The monoisotopic (exact) mass is 235 g/mol. The molecule has 1 aromatic rings. The summed E-state index contributed by atoms with van der Waals surface area (Å²) in [6, 6.07) is 1.51. The van der Waals surface area contributed by atoms with Gasteiger partial charge in [-0.2, -0.15) is 0 Å². The molecule has 80 valence electrons. The Labute approximate surface area is 87.8 Å². The van der Waals surface area contributed by atoms with Crippen LogP contribution in [0.3, 0.4) is 0 Å². The van der Waals surface area contributed by atoms with Crippen LogP contribution in [0.25, 0.3) is 0 Å². The Bertz CT molecular complexity index is 396. The fourth-order valence-electron chi connectivity index (χ4n) is 0.929. The van der Waals surface area contributed by atoms with E-state index in [-0.39, 0.29) is 11.5 Å². The Balaban J connectivity index is 3.04. The first-order valence-electron chi connectivity index (χ1n) is 4.17. The highest BCUT2D eigenvalue weighted by Crippen LogP contribution is 2.21. The first-order chi connectivity index (χ1) is 6.52. The van der Waals surface area contributed by atoms with E-state index >= 15 is 0 Å². The van der Waals surface area contributed by atoms with Crippen molar-refractivity contribution < 1.29 is 13.5 Å². The molecule has 0 atom stereocenters. The lowest BCUT2D eigenvalue weighted by Crippen LogP contribution is -2.26. The van der Waals surface area contributed by atoms with E-state index in [9.17, 15) is 8.42 Å². The van der Waals surface area contributed by atoms with Gasteiger partial charge in [0.15, 0.2) is 0 Å². The summed E-state index contributed by atoms with van der Waals surface area (Å²) < 4.78 is 24.8. The number of nitrogens with zero attached hydrogens (tertiary/aromatic N) is 1. The van der Waals surface area contributed by atoms with Crippen LogP contribution in [0.5, 0.6) is 0 Å². The molecule has 0 amide bonds. The lowest BCUT2D eigenvalue weighted by Gasteiger charge is -2.12. The SMILES string of the molecule is CCN(C)S(=O)(=O)c1csc(CO)c1. The number of aliphatic hydroxyl groups excluding tert-OH is 1. The zero-order valence-electron chi connectivity index (χ0n) is 8.10. The summed E-state index contributed by atoms with van der Waals surface area (Å²) in [5.74, 6) is 0. The molecule has 0 fully saturated rings. The maximum Gasteiger partial charge on any atom is 0.243 e. The third kappa shape index (κ3) is 2.14. The van der Waals surface area contributed by atoms with Crippen molar-refractivity contribution in [2.45, 2.75) is 18.4 Å². The van der Waals surface area contributed by atoms with Gasteiger partial charge in [0.1, 0.15) is 0 Å². The summed E-state index contributed by atoms with van der Waals surface area (Å²) in [6.07, 6.45) is 0. The summed E-state index contributed by atoms with van der Waals surface area (Å²) in [7, 11) is -1.81. The maximum atomic E-state index is 11.7. The highest BCUT2D eigenvalue weighted by atomic mass is 32.2. The molecule has 4 nitrogen and oxygen atoms in total. The van der Waals surface area contributed by atoms with Crippen LogP contribution in [0, 0.1) is 0 Å². The van der Waals surface area contributed by atoms with Crippen LogP contribution in [0.15, 0.2) is 16.3 Å². The molecule has 0 saturated carbocycles. The van der Waals surface area contributed by atoms with Crippen molar-refractivity contribution in [3.8, 4) is 0 Å². The minimum absolute atomic E-state index is 0.115. The molecule has 0 aromatic carbocycles. The Morgan fingerprint density at radius 2 is 2.21 bits per heavy atom. The third-order valence-corrected chi connectivity index (χ3v) is 4.92. The maximum absolute atomic E-state index is 11.7. The molecule has 0 unspecified atom stereocenters. The molecule has 0 aliphatic heterocycles. The van der Waals surface area contributed by atoms with Gasteiger partial charge in [0.2, 0.25) is 10.0 Å². The van der Waals surface area contributed by atoms with Crippen LogP contribution in [0.1, 0.15) is 11.8 Å². The highest BCUT2D eigenvalue weighted by Gasteiger charge is 2.20. The average Bonchev–Trinajstić information content (AvgIpc) is 2.65. The standard InChI is InChI=1S/C8H13NO3S2/c1-3-9(2)14(11,12)8-4-7(5-10)13-6-8/h4,6,10H,3,5H2,1-2H3. The van der Waals surface area contributed by atoms with Gasteiger partial charge in [-0.15, -0.1) is 11.3 Å².